The van der Waals surface area contributed by atoms with Gasteiger partial charge in [0.1, 0.15) is 5.00 Å². The van der Waals surface area contributed by atoms with Crippen molar-refractivity contribution in [1.29, 1.82) is 0 Å². The largest absolute Gasteiger partial charge is 0.339 e. The number of hydrogen-bond donors (Lipinski definition) is 1. The topological polar surface area (TPSA) is 90.0 Å². The Morgan fingerprint density at radius 3 is 2.33 bits per heavy atom. The number of fused-ring (bicyclic) bond motifs is 1. The number of carbonyl (C=O) groups excluding carboxylic acids is 2. The van der Waals surface area contributed by atoms with Gasteiger partial charge in [-0.1, -0.05) is 26.2 Å². The molecule has 2 heterocycles. The van der Waals surface area contributed by atoms with Gasteiger partial charge in [0.05, 0.1) is 10.5 Å². The van der Waals surface area contributed by atoms with Crippen molar-refractivity contribution in [1.82, 2.24) is 14.1 Å². The Bertz CT molecular complexity index is 1260. The second-order valence-corrected chi connectivity index (χ2v) is 13.6. The molecular weight excluding hydrogens is 532 g/mol. The minimum Gasteiger partial charge on any atom is -0.339 e. The van der Waals surface area contributed by atoms with Crippen LogP contribution in [0, 0.1) is 0 Å². The number of nitrogens with zero attached hydrogens (tertiary/aromatic N) is 3. The highest BCUT2D eigenvalue weighted by atomic mass is 32.2. The third-order valence-corrected chi connectivity index (χ3v) is 11.1. The standard InChI is InChI=1S/C29H42N4O4S2/c1-5-18-32-19-17-24-25(20-32)38-28(26(24)29(35)33(6-2)7-3)30-27(34)21-13-15-23(16-14-21)39(36,37)31(4)22-11-9-8-10-12-22/h13-16,22H,5-12,17-20H2,1-4H3,(H,30,34). The Morgan fingerprint density at radius 2 is 1.72 bits per heavy atom. The van der Waals surface area contributed by atoms with Gasteiger partial charge in [-0.05, 0) is 75.9 Å². The van der Waals surface area contributed by atoms with E-state index in [9.17, 15) is 18.0 Å². The van der Waals surface area contributed by atoms with Crippen LogP contribution in [0.5, 0.6) is 0 Å². The SMILES string of the molecule is CCCN1CCc2c(sc(NC(=O)c3ccc(S(=O)(=O)N(C)C4CCCCC4)cc3)c2C(=O)N(CC)CC)C1. The van der Waals surface area contributed by atoms with Crippen LogP contribution in [0.25, 0.3) is 0 Å². The summed E-state index contributed by atoms with van der Waals surface area (Å²) < 4.78 is 27.9. The zero-order valence-corrected chi connectivity index (χ0v) is 25.3. The van der Waals surface area contributed by atoms with Gasteiger partial charge < -0.3 is 10.2 Å². The fourth-order valence-corrected chi connectivity index (χ4v) is 8.40. The number of nitrogens with one attached hydrogen (secondary N) is 1. The van der Waals surface area contributed by atoms with Gasteiger partial charge in [-0.15, -0.1) is 11.3 Å². The molecule has 4 rings (SSSR count). The molecule has 1 N–H and O–H groups in total. The average molecular weight is 575 g/mol. The first-order valence-electron chi connectivity index (χ1n) is 14.3. The van der Waals surface area contributed by atoms with Crippen molar-refractivity contribution in [3.63, 3.8) is 0 Å². The molecule has 214 valence electrons. The summed E-state index contributed by atoms with van der Waals surface area (Å²) in [5.74, 6) is -0.402. The lowest BCUT2D eigenvalue weighted by Gasteiger charge is -2.30. The molecule has 1 saturated carbocycles. The molecule has 0 radical (unpaired) electrons. The lowest BCUT2D eigenvalue weighted by Crippen LogP contribution is -2.38. The van der Waals surface area contributed by atoms with Gasteiger partial charge in [-0.3, -0.25) is 14.5 Å². The minimum atomic E-state index is -3.64. The van der Waals surface area contributed by atoms with Crippen molar-refractivity contribution in [3.05, 3.63) is 45.8 Å². The maximum Gasteiger partial charge on any atom is 0.257 e. The van der Waals surface area contributed by atoms with Crippen LogP contribution in [-0.4, -0.2) is 73.6 Å². The third kappa shape index (κ3) is 6.39. The predicted molar refractivity (Wildman–Crippen MR) is 157 cm³/mol. The van der Waals surface area contributed by atoms with E-state index in [2.05, 4.69) is 17.1 Å². The van der Waals surface area contributed by atoms with E-state index in [1.165, 1.54) is 27.8 Å². The molecular formula is C29H42N4O4S2. The maximum atomic E-state index is 13.5. The fraction of sp³-hybridized carbons (Fsp3) is 0.586. The highest BCUT2D eigenvalue weighted by Gasteiger charge is 2.31. The van der Waals surface area contributed by atoms with E-state index >= 15 is 0 Å². The van der Waals surface area contributed by atoms with E-state index in [1.807, 2.05) is 13.8 Å². The first-order valence-corrected chi connectivity index (χ1v) is 16.5. The van der Waals surface area contributed by atoms with E-state index < -0.39 is 10.0 Å². The summed E-state index contributed by atoms with van der Waals surface area (Å²) in [6, 6.07) is 6.14. The summed E-state index contributed by atoms with van der Waals surface area (Å²) in [7, 11) is -1.98. The van der Waals surface area contributed by atoms with E-state index in [-0.39, 0.29) is 22.8 Å². The molecule has 10 heteroatoms. The Labute approximate surface area is 237 Å². The predicted octanol–water partition coefficient (Wildman–Crippen LogP) is 5.20. The van der Waals surface area contributed by atoms with E-state index in [1.54, 1.807) is 24.1 Å². The van der Waals surface area contributed by atoms with Gasteiger partial charge >= 0.3 is 0 Å². The number of hydrogen-bond acceptors (Lipinski definition) is 6. The second kappa shape index (κ2) is 12.9. The van der Waals surface area contributed by atoms with Crippen LogP contribution in [0.3, 0.4) is 0 Å². The fourth-order valence-electron chi connectivity index (χ4n) is 5.71. The first-order chi connectivity index (χ1) is 18.7. The van der Waals surface area contributed by atoms with Crippen LogP contribution in [0.2, 0.25) is 0 Å². The third-order valence-electron chi connectivity index (χ3n) is 8.05. The summed E-state index contributed by atoms with van der Waals surface area (Å²) in [5.41, 5.74) is 2.01. The summed E-state index contributed by atoms with van der Waals surface area (Å²) in [4.78, 5) is 32.4. The molecule has 0 bridgehead atoms. The van der Waals surface area contributed by atoms with Crippen LogP contribution < -0.4 is 5.32 Å². The first kappa shape index (κ1) is 29.7. The molecule has 39 heavy (non-hydrogen) atoms. The number of benzene rings is 1. The molecule has 8 nitrogen and oxygen atoms in total. The van der Waals surface area contributed by atoms with E-state index in [0.29, 0.717) is 29.2 Å². The van der Waals surface area contributed by atoms with Gasteiger partial charge in [0.2, 0.25) is 10.0 Å². The van der Waals surface area contributed by atoms with Gasteiger partial charge in [0.25, 0.3) is 11.8 Å². The summed E-state index contributed by atoms with van der Waals surface area (Å²) in [6.45, 7) is 9.96. The molecule has 1 aliphatic carbocycles. The lowest BCUT2D eigenvalue weighted by molar-refractivity contribution is 0.0772. The number of anilines is 1. The van der Waals surface area contributed by atoms with Crippen molar-refractivity contribution in [2.45, 2.75) is 83.2 Å². The summed E-state index contributed by atoms with van der Waals surface area (Å²) >= 11 is 1.48. The molecule has 2 aliphatic rings. The molecule has 2 amide bonds. The molecule has 0 saturated heterocycles. The minimum absolute atomic E-state index is 0.0200. The van der Waals surface area contributed by atoms with Crippen LogP contribution >= 0.6 is 11.3 Å². The monoisotopic (exact) mass is 574 g/mol. The maximum absolute atomic E-state index is 13.5. The number of carbonyl (C=O) groups is 2. The molecule has 1 aliphatic heterocycles. The molecule has 0 spiro atoms. The number of amides is 2. The highest BCUT2D eigenvalue weighted by Crippen LogP contribution is 2.38. The van der Waals surface area contributed by atoms with Crippen molar-refractivity contribution in [3.8, 4) is 0 Å². The Morgan fingerprint density at radius 1 is 1.05 bits per heavy atom. The van der Waals surface area contributed by atoms with Crippen LogP contribution in [0.15, 0.2) is 29.2 Å². The number of thiophene rings is 1. The second-order valence-electron chi connectivity index (χ2n) is 10.5. The van der Waals surface area contributed by atoms with Crippen molar-refractivity contribution in [2.24, 2.45) is 0 Å². The average Bonchev–Trinajstić information content (AvgIpc) is 3.30. The Balaban J connectivity index is 1.56. The number of rotatable bonds is 10. The normalized spacial score (nSPS) is 16.7. The molecule has 1 aromatic heterocycles. The van der Waals surface area contributed by atoms with Gasteiger partial charge in [0.15, 0.2) is 0 Å². The molecule has 1 fully saturated rings. The van der Waals surface area contributed by atoms with Crippen LogP contribution in [0.4, 0.5) is 5.00 Å². The molecule has 1 aromatic carbocycles. The smallest absolute Gasteiger partial charge is 0.257 e. The highest BCUT2D eigenvalue weighted by molar-refractivity contribution is 7.89. The van der Waals surface area contributed by atoms with E-state index in [4.69, 9.17) is 0 Å². The summed E-state index contributed by atoms with van der Waals surface area (Å²) in [6.07, 6.45) is 6.86. The quantitative estimate of drug-likeness (QED) is 0.421. The summed E-state index contributed by atoms with van der Waals surface area (Å²) in [5, 5.41) is 3.58. The zero-order valence-electron chi connectivity index (χ0n) is 23.7. The van der Waals surface area contributed by atoms with Gasteiger partial charge in [-0.25, -0.2) is 8.42 Å². The van der Waals surface area contributed by atoms with Crippen molar-refractivity contribution in [2.75, 3.05) is 38.5 Å². The zero-order chi connectivity index (χ0) is 28.2. The number of sulfonamides is 1. The van der Waals surface area contributed by atoms with Gasteiger partial charge in [-0.2, -0.15) is 4.31 Å². The van der Waals surface area contributed by atoms with Crippen molar-refractivity contribution < 1.29 is 18.0 Å². The van der Waals surface area contributed by atoms with Crippen molar-refractivity contribution >= 4 is 38.2 Å². The molecule has 2 aromatic rings. The molecule has 0 unspecified atom stereocenters. The van der Waals surface area contributed by atoms with Crippen LogP contribution in [-0.2, 0) is 23.0 Å². The lowest BCUT2D eigenvalue weighted by atomic mass is 9.96. The van der Waals surface area contributed by atoms with Crippen LogP contribution in [0.1, 0.15) is 90.5 Å². The Kier molecular flexibility index (Phi) is 9.85. The van der Waals surface area contributed by atoms with E-state index in [0.717, 1.165) is 75.0 Å². The Hall–Kier alpha value is -2.27. The van der Waals surface area contributed by atoms with Gasteiger partial charge in [0, 0.05) is 49.7 Å². The molecule has 0 atom stereocenters.